The molecule has 23 heavy (non-hydrogen) atoms. The van der Waals surface area contributed by atoms with Gasteiger partial charge in [-0.1, -0.05) is 34.7 Å². The fourth-order valence-corrected chi connectivity index (χ4v) is 3.65. The molecule has 0 unspecified atom stereocenters. The molecule has 0 aliphatic carbocycles. The van der Waals surface area contributed by atoms with Crippen molar-refractivity contribution in [1.29, 1.82) is 0 Å². The highest BCUT2D eigenvalue weighted by molar-refractivity contribution is 8.01. The van der Waals surface area contributed by atoms with Crippen molar-refractivity contribution in [2.45, 2.75) is 22.6 Å². The Bertz CT molecular complexity index is 668. The number of nitro groups is 1. The number of hydrogen-bond donors (Lipinski definition) is 1. The molecule has 0 radical (unpaired) electrons. The van der Waals surface area contributed by atoms with Gasteiger partial charge < -0.3 is 10.1 Å². The minimum atomic E-state index is -0.477. The van der Waals surface area contributed by atoms with Gasteiger partial charge in [0.15, 0.2) is 4.34 Å². The normalized spacial score (nSPS) is 10.7. The quantitative estimate of drug-likeness (QED) is 0.401. The standard InChI is InChI=1S/C13H15ClN4O3S2/c1-2-21-7-3-6-15-12-16-17-13(23-12)22-11-5-4-9(18(19)20)8-10(11)14/h4-5,8H,2-3,6-7H2,1H3,(H,15,16). The zero-order valence-electron chi connectivity index (χ0n) is 12.3. The number of nitro benzene ring substituents is 1. The molecular formula is C13H15ClN4O3S2. The van der Waals surface area contributed by atoms with Crippen LogP contribution in [-0.4, -0.2) is 34.9 Å². The van der Waals surface area contributed by atoms with E-state index in [1.54, 1.807) is 6.07 Å². The fraction of sp³-hybridized carbons (Fsp3) is 0.385. The second-order valence-corrected chi connectivity index (χ2v) is 7.00. The van der Waals surface area contributed by atoms with Gasteiger partial charge in [0.25, 0.3) is 5.69 Å². The number of nitrogens with zero attached hydrogens (tertiary/aromatic N) is 3. The number of anilines is 1. The molecule has 1 aromatic carbocycles. The van der Waals surface area contributed by atoms with E-state index >= 15 is 0 Å². The van der Waals surface area contributed by atoms with Gasteiger partial charge in [-0.15, -0.1) is 10.2 Å². The van der Waals surface area contributed by atoms with Gasteiger partial charge in [0.05, 0.1) is 9.95 Å². The van der Waals surface area contributed by atoms with Crippen molar-refractivity contribution < 1.29 is 9.66 Å². The topological polar surface area (TPSA) is 90.2 Å². The lowest BCUT2D eigenvalue weighted by Gasteiger charge is -2.02. The molecule has 0 saturated carbocycles. The second kappa shape index (κ2) is 9.02. The van der Waals surface area contributed by atoms with Crippen LogP contribution in [-0.2, 0) is 4.74 Å². The van der Waals surface area contributed by atoms with Crippen molar-refractivity contribution in [2.75, 3.05) is 25.1 Å². The predicted octanol–water partition coefficient (Wildman–Crippen LogP) is 4.09. The number of aromatic nitrogens is 2. The van der Waals surface area contributed by atoms with Gasteiger partial charge in [0, 0.05) is 36.8 Å². The van der Waals surface area contributed by atoms with E-state index < -0.39 is 4.92 Å². The van der Waals surface area contributed by atoms with Gasteiger partial charge in [0.2, 0.25) is 5.13 Å². The Morgan fingerprint density at radius 3 is 3.00 bits per heavy atom. The van der Waals surface area contributed by atoms with E-state index in [9.17, 15) is 10.1 Å². The molecule has 0 spiro atoms. The molecule has 7 nitrogen and oxygen atoms in total. The highest BCUT2D eigenvalue weighted by atomic mass is 35.5. The van der Waals surface area contributed by atoms with E-state index in [0.29, 0.717) is 20.9 Å². The zero-order valence-corrected chi connectivity index (χ0v) is 14.7. The summed E-state index contributed by atoms with van der Waals surface area (Å²) in [4.78, 5) is 10.9. The number of non-ortho nitro benzene ring substituents is 1. The van der Waals surface area contributed by atoms with Gasteiger partial charge in [-0.2, -0.15) is 0 Å². The summed E-state index contributed by atoms with van der Waals surface area (Å²) >= 11 is 8.80. The molecule has 0 fully saturated rings. The van der Waals surface area contributed by atoms with Crippen LogP contribution in [0, 0.1) is 10.1 Å². The van der Waals surface area contributed by atoms with E-state index in [0.717, 1.165) is 24.7 Å². The predicted molar refractivity (Wildman–Crippen MR) is 91.7 cm³/mol. The molecule has 0 bridgehead atoms. The van der Waals surface area contributed by atoms with Crippen LogP contribution in [0.15, 0.2) is 27.4 Å². The van der Waals surface area contributed by atoms with Crippen LogP contribution in [0.1, 0.15) is 13.3 Å². The van der Waals surface area contributed by atoms with Crippen molar-refractivity contribution >= 4 is 45.5 Å². The molecule has 0 atom stereocenters. The molecule has 10 heteroatoms. The molecule has 0 aliphatic rings. The minimum absolute atomic E-state index is 0.0340. The van der Waals surface area contributed by atoms with Gasteiger partial charge in [-0.05, 0) is 19.4 Å². The lowest BCUT2D eigenvalue weighted by Crippen LogP contribution is -2.05. The third-order valence-corrected chi connectivity index (χ3v) is 5.11. The first kappa shape index (κ1) is 17.9. The summed E-state index contributed by atoms with van der Waals surface area (Å²) in [6.07, 6.45) is 0.893. The van der Waals surface area contributed by atoms with Gasteiger partial charge in [-0.3, -0.25) is 10.1 Å². The number of rotatable bonds is 9. The van der Waals surface area contributed by atoms with Crippen LogP contribution in [0.2, 0.25) is 5.02 Å². The molecule has 2 rings (SSSR count). The van der Waals surface area contributed by atoms with Crippen LogP contribution >= 0.6 is 34.7 Å². The molecular weight excluding hydrogens is 360 g/mol. The van der Waals surface area contributed by atoms with E-state index in [1.807, 2.05) is 6.92 Å². The molecule has 0 saturated heterocycles. The van der Waals surface area contributed by atoms with Crippen molar-refractivity contribution in [3.8, 4) is 0 Å². The SMILES string of the molecule is CCOCCCNc1nnc(Sc2ccc([N+](=O)[O-])cc2Cl)s1. The lowest BCUT2D eigenvalue weighted by molar-refractivity contribution is -0.384. The summed E-state index contributed by atoms with van der Waals surface area (Å²) in [6.45, 7) is 4.15. The Morgan fingerprint density at radius 1 is 1.48 bits per heavy atom. The molecule has 2 aromatic rings. The maximum Gasteiger partial charge on any atom is 0.270 e. The molecule has 0 aliphatic heterocycles. The van der Waals surface area contributed by atoms with Crippen LogP contribution in [0.25, 0.3) is 0 Å². The van der Waals surface area contributed by atoms with Crippen molar-refractivity contribution in [3.63, 3.8) is 0 Å². The highest BCUT2D eigenvalue weighted by Crippen LogP contribution is 2.37. The summed E-state index contributed by atoms with van der Waals surface area (Å²) in [6, 6.07) is 4.36. The van der Waals surface area contributed by atoms with Crippen molar-refractivity contribution in [2.24, 2.45) is 0 Å². The zero-order chi connectivity index (χ0) is 16.7. The molecule has 1 heterocycles. The Hall–Kier alpha value is -1.42. The van der Waals surface area contributed by atoms with Crippen LogP contribution in [0.5, 0.6) is 0 Å². The Morgan fingerprint density at radius 2 is 2.30 bits per heavy atom. The summed E-state index contributed by atoms with van der Waals surface area (Å²) < 4.78 is 5.97. The maximum absolute atomic E-state index is 10.7. The third-order valence-electron chi connectivity index (χ3n) is 2.68. The number of benzene rings is 1. The van der Waals surface area contributed by atoms with E-state index in [1.165, 1.54) is 35.2 Å². The van der Waals surface area contributed by atoms with E-state index in [2.05, 4.69) is 15.5 Å². The minimum Gasteiger partial charge on any atom is -0.382 e. The summed E-state index contributed by atoms with van der Waals surface area (Å²) in [5, 5.41) is 23.0. The average molecular weight is 375 g/mol. The van der Waals surface area contributed by atoms with Gasteiger partial charge in [-0.25, -0.2) is 0 Å². The number of nitrogens with one attached hydrogen (secondary N) is 1. The van der Waals surface area contributed by atoms with Gasteiger partial charge >= 0.3 is 0 Å². The largest absolute Gasteiger partial charge is 0.382 e. The van der Waals surface area contributed by atoms with E-state index in [4.69, 9.17) is 16.3 Å². The second-order valence-electron chi connectivity index (χ2n) is 4.32. The molecule has 1 N–H and O–H groups in total. The maximum atomic E-state index is 10.7. The van der Waals surface area contributed by atoms with Crippen LogP contribution < -0.4 is 5.32 Å². The first-order valence-corrected chi connectivity index (χ1v) is 8.88. The summed E-state index contributed by atoms with van der Waals surface area (Å²) in [5.41, 5.74) is -0.0340. The number of ether oxygens (including phenoxy) is 1. The first-order valence-electron chi connectivity index (χ1n) is 6.87. The fourth-order valence-electron chi connectivity index (χ4n) is 1.62. The lowest BCUT2D eigenvalue weighted by atomic mass is 10.3. The summed E-state index contributed by atoms with van der Waals surface area (Å²) in [7, 11) is 0. The molecule has 1 aromatic heterocycles. The first-order chi connectivity index (χ1) is 11.1. The molecule has 124 valence electrons. The average Bonchev–Trinajstić information content (AvgIpc) is 2.96. The van der Waals surface area contributed by atoms with Gasteiger partial charge in [0.1, 0.15) is 0 Å². The number of hydrogen-bond acceptors (Lipinski definition) is 8. The highest BCUT2D eigenvalue weighted by Gasteiger charge is 2.12. The Balaban J connectivity index is 1.90. The smallest absolute Gasteiger partial charge is 0.270 e. The van der Waals surface area contributed by atoms with E-state index in [-0.39, 0.29) is 5.69 Å². The monoisotopic (exact) mass is 374 g/mol. The Kier molecular flexibility index (Phi) is 7.03. The van der Waals surface area contributed by atoms with Crippen LogP contribution in [0.3, 0.4) is 0 Å². The Labute approximate surface area is 146 Å². The number of halogens is 1. The summed E-state index contributed by atoms with van der Waals surface area (Å²) in [5.74, 6) is 0. The molecule has 0 amide bonds. The van der Waals surface area contributed by atoms with Crippen molar-refractivity contribution in [3.05, 3.63) is 33.3 Å². The van der Waals surface area contributed by atoms with Crippen LogP contribution in [0.4, 0.5) is 10.8 Å². The third kappa shape index (κ3) is 5.61. The van der Waals surface area contributed by atoms with Crippen molar-refractivity contribution in [1.82, 2.24) is 10.2 Å².